The molecule has 0 aliphatic rings. The molecule has 160 valence electrons. The number of fused-ring (bicyclic) bond motifs is 1. The van der Waals surface area contributed by atoms with Crippen molar-refractivity contribution in [2.24, 2.45) is 0 Å². The maximum Gasteiger partial charge on any atom is 0.418 e. The lowest BCUT2D eigenvalue weighted by atomic mass is 10.1. The van der Waals surface area contributed by atoms with Crippen molar-refractivity contribution in [2.75, 3.05) is 0 Å². The first-order valence-electron chi connectivity index (χ1n) is 10.1. The molecule has 0 fully saturated rings. The fourth-order valence-corrected chi connectivity index (χ4v) is 4.45. The lowest BCUT2D eigenvalue weighted by Crippen LogP contribution is -2.08. The highest BCUT2D eigenvalue weighted by atomic mass is 32.1. The molecule has 3 aromatic heterocycles. The van der Waals surface area contributed by atoms with Gasteiger partial charge in [0.05, 0.1) is 16.1 Å². The van der Waals surface area contributed by atoms with Gasteiger partial charge in [-0.15, -0.1) is 11.3 Å². The topological polar surface area (TPSA) is 30.7 Å². The number of halogens is 3. The summed E-state index contributed by atoms with van der Waals surface area (Å²) in [4.78, 5) is 9.82. The van der Waals surface area contributed by atoms with E-state index in [1.54, 1.807) is 12.1 Å². The first-order chi connectivity index (χ1) is 15.5. The highest BCUT2D eigenvalue weighted by Crippen LogP contribution is 2.38. The maximum atomic E-state index is 14.1. The molecule has 0 spiro atoms. The molecule has 0 N–H and O–H groups in total. The SMILES string of the molecule is FC(F)(F)c1cc(-c2cccs2)nc2c1nc(-c1ccccc1)n2CCc1ccccc1. The van der Waals surface area contributed by atoms with E-state index >= 15 is 0 Å². The Hall–Kier alpha value is -3.45. The van der Waals surface area contributed by atoms with Gasteiger partial charge in [0.1, 0.15) is 11.3 Å². The molecular weight excluding hydrogens is 431 g/mol. The number of aromatic nitrogens is 3. The number of imidazole rings is 1. The predicted octanol–water partition coefficient (Wildman–Crippen LogP) is 7.09. The van der Waals surface area contributed by atoms with Crippen LogP contribution in [0.4, 0.5) is 13.2 Å². The van der Waals surface area contributed by atoms with Crippen molar-refractivity contribution in [1.29, 1.82) is 0 Å². The first-order valence-corrected chi connectivity index (χ1v) is 11.0. The Labute approximate surface area is 186 Å². The van der Waals surface area contributed by atoms with Crippen molar-refractivity contribution in [3.05, 3.63) is 95.4 Å². The third-order valence-corrected chi connectivity index (χ3v) is 6.17. The van der Waals surface area contributed by atoms with E-state index in [2.05, 4.69) is 9.97 Å². The van der Waals surface area contributed by atoms with Crippen LogP contribution in [0.1, 0.15) is 11.1 Å². The molecule has 5 rings (SSSR count). The molecule has 3 heterocycles. The van der Waals surface area contributed by atoms with E-state index < -0.39 is 11.7 Å². The van der Waals surface area contributed by atoms with Crippen LogP contribution in [-0.2, 0) is 19.1 Å². The van der Waals surface area contributed by atoms with E-state index in [9.17, 15) is 13.2 Å². The molecule has 3 nitrogen and oxygen atoms in total. The molecule has 32 heavy (non-hydrogen) atoms. The van der Waals surface area contributed by atoms with Crippen LogP contribution in [0.25, 0.3) is 33.1 Å². The molecule has 0 unspecified atom stereocenters. The number of hydrogen-bond acceptors (Lipinski definition) is 3. The normalized spacial score (nSPS) is 11.8. The summed E-state index contributed by atoms with van der Waals surface area (Å²) < 4.78 is 44.0. The van der Waals surface area contributed by atoms with Gasteiger partial charge >= 0.3 is 6.18 Å². The van der Waals surface area contributed by atoms with Crippen molar-refractivity contribution < 1.29 is 13.2 Å². The van der Waals surface area contributed by atoms with E-state index in [4.69, 9.17) is 0 Å². The summed E-state index contributed by atoms with van der Waals surface area (Å²) in [5, 5.41) is 1.83. The minimum Gasteiger partial charge on any atom is -0.308 e. The summed E-state index contributed by atoms with van der Waals surface area (Å²) in [5.41, 5.74) is 1.52. The molecule has 0 amide bonds. The van der Waals surface area contributed by atoms with Crippen LogP contribution in [-0.4, -0.2) is 14.5 Å². The molecule has 5 aromatic rings. The zero-order chi connectivity index (χ0) is 22.1. The van der Waals surface area contributed by atoms with Gasteiger partial charge in [0.15, 0.2) is 5.65 Å². The largest absolute Gasteiger partial charge is 0.418 e. The van der Waals surface area contributed by atoms with Gasteiger partial charge in [0.2, 0.25) is 0 Å². The van der Waals surface area contributed by atoms with Gasteiger partial charge in [0, 0.05) is 12.1 Å². The summed E-state index contributed by atoms with van der Waals surface area (Å²) in [6.07, 6.45) is -3.89. The number of nitrogens with zero attached hydrogens (tertiary/aromatic N) is 3. The molecule has 0 aliphatic carbocycles. The van der Waals surface area contributed by atoms with Gasteiger partial charge in [-0.25, -0.2) is 9.97 Å². The van der Waals surface area contributed by atoms with E-state index in [0.717, 1.165) is 17.2 Å². The highest BCUT2D eigenvalue weighted by Gasteiger charge is 2.36. The van der Waals surface area contributed by atoms with Crippen LogP contribution in [0.5, 0.6) is 0 Å². The minimum atomic E-state index is -4.54. The van der Waals surface area contributed by atoms with Gasteiger partial charge in [-0.3, -0.25) is 0 Å². The van der Waals surface area contributed by atoms with Crippen LogP contribution in [0.3, 0.4) is 0 Å². The average molecular weight is 450 g/mol. The number of alkyl halides is 3. The lowest BCUT2D eigenvalue weighted by Gasteiger charge is -2.11. The van der Waals surface area contributed by atoms with Gasteiger partial charge in [-0.05, 0) is 29.5 Å². The number of benzene rings is 2. The zero-order valence-corrected chi connectivity index (χ0v) is 17.7. The Morgan fingerprint density at radius 3 is 2.22 bits per heavy atom. The summed E-state index contributed by atoms with van der Waals surface area (Å²) in [5.74, 6) is 0.484. The van der Waals surface area contributed by atoms with Crippen molar-refractivity contribution in [2.45, 2.75) is 19.1 Å². The van der Waals surface area contributed by atoms with E-state index in [1.165, 1.54) is 11.3 Å². The second kappa shape index (κ2) is 8.24. The third-order valence-electron chi connectivity index (χ3n) is 5.28. The second-order valence-electron chi connectivity index (χ2n) is 7.39. The molecule has 0 bridgehead atoms. The number of rotatable bonds is 5. The van der Waals surface area contributed by atoms with Crippen LogP contribution in [0.15, 0.2) is 84.2 Å². The van der Waals surface area contributed by atoms with Crippen molar-refractivity contribution in [3.63, 3.8) is 0 Å². The van der Waals surface area contributed by atoms with E-state index in [0.29, 0.717) is 29.4 Å². The smallest absolute Gasteiger partial charge is 0.308 e. The van der Waals surface area contributed by atoms with Crippen LogP contribution in [0.2, 0.25) is 0 Å². The van der Waals surface area contributed by atoms with E-state index in [-0.39, 0.29) is 11.2 Å². The summed E-state index contributed by atoms with van der Waals surface area (Å²) in [7, 11) is 0. The Balaban J connectivity index is 1.74. The van der Waals surface area contributed by atoms with E-state index in [1.807, 2.05) is 70.6 Å². The molecule has 0 saturated carbocycles. The van der Waals surface area contributed by atoms with Crippen LogP contribution in [0, 0.1) is 0 Å². The van der Waals surface area contributed by atoms with Crippen molar-refractivity contribution in [3.8, 4) is 22.0 Å². The van der Waals surface area contributed by atoms with Crippen molar-refractivity contribution in [1.82, 2.24) is 14.5 Å². The van der Waals surface area contributed by atoms with Gasteiger partial charge in [0.25, 0.3) is 0 Å². The summed E-state index contributed by atoms with van der Waals surface area (Å²) in [6.45, 7) is 0.461. The zero-order valence-electron chi connectivity index (χ0n) is 16.9. The summed E-state index contributed by atoms with van der Waals surface area (Å²) in [6, 6.07) is 23.8. The third kappa shape index (κ3) is 3.91. The minimum absolute atomic E-state index is 0.121. The van der Waals surface area contributed by atoms with Gasteiger partial charge in [-0.2, -0.15) is 13.2 Å². The lowest BCUT2D eigenvalue weighted by molar-refractivity contribution is -0.136. The van der Waals surface area contributed by atoms with Crippen LogP contribution < -0.4 is 0 Å². The fourth-order valence-electron chi connectivity index (χ4n) is 3.76. The molecule has 7 heteroatoms. The molecule has 0 atom stereocenters. The Morgan fingerprint density at radius 2 is 1.56 bits per heavy atom. The average Bonchev–Trinajstić information content (AvgIpc) is 3.46. The molecule has 0 radical (unpaired) electrons. The second-order valence-corrected chi connectivity index (χ2v) is 8.34. The standard InChI is InChI=1S/C25H18F3N3S/c26-25(27,28)19-16-20(21-12-7-15-32-21)29-24-22(19)30-23(18-10-5-2-6-11-18)31(24)14-13-17-8-3-1-4-9-17/h1-12,15-16H,13-14H2. The highest BCUT2D eigenvalue weighted by molar-refractivity contribution is 7.13. The molecule has 2 aromatic carbocycles. The van der Waals surface area contributed by atoms with Crippen molar-refractivity contribution >= 4 is 22.5 Å². The number of pyridine rings is 1. The quantitative estimate of drug-likeness (QED) is 0.287. The van der Waals surface area contributed by atoms with Crippen LogP contribution >= 0.6 is 11.3 Å². The fraction of sp³-hybridized carbons (Fsp3) is 0.120. The molecule has 0 saturated heterocycles. The number of aryl methyl sites for hydroxylation is 2. The Morgan fingerprint density at radius 1 is 0.844 bits per heavy atom. The molecular formula is C25H18F3N3S. The Kier molecular flexibility index (Phi) is 5.27. The molecule has 0 aliphatic heterocycles. The summed E-state index contributed by atoms with van der Waals surface area (Å²) >= 11 is 1.36. The maximum absolute atomic E-state index is 14.1. The van der Waals surface area contributed by atoms with Gasteiger partial charge < -0.3 is 4.57 Å². The number of hydrogen-bond donors (Lipinski definition) is 0. The Bertz CT molecular complexity index is 1340. The monoisotopic (exact) mass is 449 g/mol. The van der Waals surface area contributed by atoms with Gasteiger partial charge in [-0.1, -0.05) is 66.7 Å². The first kappa shape index (κ1) is 20.5. The number of thiophene rings is 1. The predicted molar refractivity (Wildman–Crippen MR) is 121 cm³/mol.